The Bertz CT molecular complexity index is 1350. The number of fused-ring (bicyclic) bond motifs is 1. The van der Waals surface area contributed by atoms with E-state index in [4.69, 9.17) is 13.9 Å². The topological polar surface area (TPSA) is 73.1 Å². The van der Waals surface area contributed by atoms with Gasteiger partial charge in [0.15, 0.2) is 17.3 Å². The molecule has 0 radical (unpaired) electrons. The molecule has 0 bridgehead atoms. The van der Waals surface area contributed by atoms with Crippen molar-refractivity contribution in [3.05, 3.63) is 89.2 Å². The van der Waals surface area contributed by atoms with E-state index in [-0.39, 0.29) is 5.76 Å². The fourth-order valence-corrected chi connectivity index (χ4v) is 5.16. The molecular weight excluding hydrogens is 726 g/mol. The highest BCUT2D eigenvalue weighted by atomic mass is 127. The van der Waals surface area contributed by atoms with Crippen LogP contribution in [0.3, 0.4) is 0 Å². The second kappa shape index (κ2) is 11.5. The lowest BCUT2D eigenvalue weighted by molar-refractivity contribution is 0.0929. The molecule has 9 heteroatoms. The van der Waals surface area contributed by atoms with Crippen molar-refractivity contribution in [2.75, 3.05) is 6.61 Å². The van der Waals surface area contributed by atoms with Gasteiger partial charge < -0.3 is 13.9 Å². The Balaban J connectivity index is 1.43. The molecule has 0 fully saturated rings. The third kappa shape index (κ3) is 6.30. The number of nitrogens with one attached hydrogen (secondary N) is 1. The number of hydrogen-bond acceptors (Lipinski definition) is 5. The number of ether oxygens (including phenoxy) is 2. The van der Waals surface area contributed by atoms with Gasteiger partial charge in [-0.05, 0) is 112 Å². The average Bonchev–Trinajstić information content (AvgIpc) is 3.24. The van der Waals surface area contributed by atoms with Gasteiger partial charge in [0, 0.05) is 13.4 Å². The van der Waals surface area contributed by atoms with Gasteiger partial charge in [0.1, 0.15) is 12.2 Å². The van der Waals surface area contributed by atoms with E-state index < -0.39 is 5.91 Å². The minimum absolute atomic E-state index is 0.192. The fourth-order valence-electron chi connectivity index (χ4n) is 3.14. The summed E-state index contributed by atoms with van der Waals surface area (Å²) in [6, 6.07) is 19.2. The lowest BCUT2D eigenvalue weighted by Crippen LogP contribution is -2.16. The number of nitrogens with zero attached hydrogens (tertiary/aromatic N) is 1. The van der Waals surface area contributed by atoms with Crippen LogP contribution >= 0.6 is 61.1 Å². The van der Waals surface area contributed by atoms with Crippen LogP contribution in [0.5, 0.6) is 11.5 Å². The summed E-state index contributed by atoms with van der Waals surface area (Å²) in [6.45, 7) is 2.85. The zero-order chi connectivity index (χ0) is 24.1. The second-order valence-corrected chi connectivity index (χ2v) is 10.5. The molecule has 0 atom stereocenters. The molecule has 0 aliphatic rings. The first-order valence-corrected chi connectivity index (χ1v) is 13.2. The molecule has 3 aromatic carbocycles. The van der Waals surface area contributed by atoms with Gasteiger partial charge in [0.25, 0.3) is 0 Å². The van der Waals surface area contributed by atoms with Gasteiger partial charge in [0.2, 0.25) is 0 Å². The minimum Gasteiger partial charge on any atom is -0.490 e. The SMILES string of the molecule is CCOc1cc(/C=N\NC(=O)c2cc3cc(Br)cc(I)c3o2)ccc1OCc1ccc(I)cc1. The molecule has 0 aliphatic carbocycles. The van der Waals surface area contributed by atoms with Gasteiger partial charge in [-0.3, -0.25) is 4.79 Å². The zero-order valence-electron chi connectivity index (χ0n) is 18.0. The van der Waals surface area contributed by atoms with Crippen LogP contribution in [0.15, 0.2) is 74.7 Å². The van der Waals surface area contributed by atoms with Crippen molar-refractivity contribution in [3.8, 4) is 11.5 Å². The van der Waals surface area contributed by atoms with Crippen molar-refractivity contribution >= 4 is 84.2 Å². The van der Waals surface area contributed by atoms with Crippen molar-refractivity contribution < 1.29 is 18.7 Å². The van der Waals surface area contributed by atoms with Gasteiger partial charge >= 0.3 is 5.91 Å². The number of halogens is 3. The summed E-state index contributed by atoms with van der Waals surface area (Å²) in [5, 5.41) is 4.91. The number of carbonyl (C=O) groups is 1. The summed E-state index contributed by atoms with van der Waals surface area (Å²) < 4.78 is 20.4. The van der Waals surface area contributed by atoms with Crippen LogP contribution in [0.4, 0.5) is 0 Å². The molecule has 6 nitrogen and oxygen atoms in total. The van der Waals surface area contributed by atoms with Gasteiger partial charge in [-0.2, -0.15) is 5.10 Å². The van der Waals surface area contributed by atoms with Crippen molar-refractivity contribution in [2.45, 2.75) is 13.5 Å². The predicted molar refractivity (Wildman–Crippen MR) is 153 cm³/mol. The lowest BCUT2D eigenvalue weighted by Gasteiger charge is -2.12. The average molecular weight is 745 g/mol. The number of furan rings is 1. The number of benzene rings is 3. The third-order valence-electron chi connectivity index (χ3n) is 4.71. The minimum atomic E-state index is -0.429. The highest BCUT2D eigenvalue weighted by Gasteiger charge is 2.14. The quantitative estimate of drug-likeness (QED) is 0.118. The number of amides is 1. The third-order valence-corrected chi connectivity index (χ3v) is 6.69. The van der Waals surface area contributed by atoms with Crippen LogP contribution in [-0.2, 0) is 6.61 Å². The summed E-state index contributed by atoms with van der Waals surface area (Å²) in [5.74, 6) is 1.02. The molecule has 4 rings (SSSR count). The second-order valence-electron chi connectivity index (χ2n) is 7.17. The molecule has 0 aliphatic heterocycles. The number of carbonyl (C=O) groups excluding carboxylic acids is 1. The van der Waals surface area contributed by atoms with Crippen LogP contribution in [0, 0.1) is 7.14 Å². The van der Waals surface area contributed by atoms with Gasteiger partial charge in [-0.15, -0.1) is 0 Å². The predicted octanol–water partition coefficient (Wildman–Crippen LogP) is 7.15. The van der Waals surface area contributed by atoms with E-state index in [1.54, 1.807) is 12.3 Å². The van der Waals surface area contributed by atoms with E-state index in [9.17, 15) is 4.79 Å². The van der Waals surface area contributed by atoms with Crippen LogP contribution in [0.1, 0.15) is 28.6 Å². The summed E-state index contributed by atoms with van der Waals surface area (Å²) in [7, 11) is 0. The zero-order valence-corrected chi connectivity index (χ0v) is 23.9. The first-order valence-electron chi connectivity index (χ1n) is 10.3. The normalized spacial score (nSPS) is 11.2. The molecule has 1 amide bonds. The largest absolute Gasteiger partial charge is 0.490 e. The number of hydrazone groups is 1. The van der Waals surface area contributed by atoms with Crippen molar-refractivity contribution in [1.82, 2.24) is 5.43 Å². The fraction of sp³-hybridized carbons (Fsp3) is 0.120. The van der Waals surface area contributed by atoms with Gasteiger partial charge in [-0.1, -0.05) is 28.1 Å². The van der Waals surface area contributed by atoms with Gasteiger partial charge in [-0.25, -0.2) is 5.43 Å². The molecule has 0 saturated carbocycles. The van der Waals surface area contributed by atoms with E-state index in [0.29, 0.717) is 30.3 Å². The van der Waals surface area contributed by atoms with Gasteiger partial charge in [0.05, 0.1) is 16.4 Å². The highest BCUT2D eigenvalue weighted by molar-refractivity contribution is 14.1. The maximum atomic E-state index is 12.5. The summed E-state index contributed by atoms with van der Waals surface area (Å²) in [6.07, 6.45) is 1.55. The van der Waals surface area contributed by atoms with E-state index in [1.165, 1.54) is 3.57 Å². The number of rotatable bonds is 8. The van der Waals surface area contributed by atoms with Crippen molar-refractivity contribution in [3.63, 3.8) is 0 Å². The molecule has 0 spiro atoms. The Morgan fingerprint density at radius 3 is 2.62 bits per heavy atom. The Morgan fingerprint density at radius 2 is 1.85 bits per heavy atom. The standard InChI is InChI=1S/C25H19BrI2N2O4/c1-2-32-22-9-16(5-8-21(22)33-14-15-3-6-19(27)7-4-15)13-29-30-25(31)23-11-17-10-18(26)12-20(28)24(17)34-23/h3-13H,2,14H2,1H3,(H,30,31)/b29-13-. The van der Waals surface area contributed by atoms with Crippen LogP contribution < -0.4 is 14.9 Å². The Morgan fingerprint density at radius 1 is 1.06 bits per heavy atom. The molecule has 0 unspecified atom stereocenters. The molecule has 174 valence electrons. The molecule has 1 N–H and O–H groups in total. The maximum Gasteiger partial charge on any atom is 0.307 e. The molecular formula is C25H19BrI2N2O4. The molecule has 0 saturated heterocycles. The van der Waals surface area contributed by atoms with Crippen LogP contribution in [0.25, 0.3) is 11.0 Å². The maximum absolute atomic E-state index is 12.5. The van der Waals surface area contributed by atoms with E-state index in [1.807, 2.05) is 61.5 Å². The molecule has 1 heterocycles. The van der Waals surface area contributed by atoms with Crippen molar-refractivity contribution in [1.29, 1.82) is 0 Å². The molecule has 4 aromatic rings. The Hall–Kier alpha value is -2.12. The van der Waals surface area contributed by atoms with E-state index >= 15 is 0 Å². The van der Waals surface area contributed by atoms with Crippen LogP contribution in [-0.4, -0.2) is 18.7 Å². The summed E-state index contributed by atoms with van der Waals surface area (Å²) in [5.41, 5.74) is 5.01. The molecule has 34 heavy (non-hydrogen) atoms. The van der Waals surface area contributed by atoms with E-state index in [2.05, 4.69) is 71.6 Å². The summed E-state index contributed by atoms with van der Waals surface area (Å²) >= 11 is 7.90. The highest BCUT2D eigenvalue weighted by Crippen LogP contribution is 2.30. The Kier molecular flexibility index (Phi) is 8.48. The van der Waals surface area contributed by atoms with E-state index in [0.717, 1.165) is 24.6 Å². The number of hydrogen-bond donors (Lipinski definition) is 1. The monoisotopic (exact) mass is 744 g/mol. The van der Waals surface area contributed by atoms with Crippen molar-refractivity contribution in [2.24, 2.45) is 5.10 Å². The molecule has 1 aromatic heterocycles. The van der Waals surface area contributed by atoms with Crippen LogP contribution in [0.2, 0.25) is 0 Å². The smallest absolute Gasteiger partial charge is 0.307 e. The summed E-state index contributed by atoms with van der Waals surface area (Å²) in [4.78, 5) is 12.5. The first-order chi connectivity index (χ1) is 16.4. The first kappa shape index (κ1) is 25.0. The lowest BCUT2D eigenvalue weighted by atomic mass is 10.2. The Labute approximate surface area is 232 Å².